The number of ether oxygens (including phenoxy) is 2. The van der Waals surface area contributed by atoms with E-state index in [-0.39, 0.29) is 5.60 Å². The Balaban J connectivity index is 1.70. The smallest absolute Gasteiger partial charge is 0.123 e. The highest BCUT2D eigenvalue weighted by Gasteiger charge is 2.39. The highest BCUT2D eigenvalue weighted by atomic mass is 79.9. The Morgan fingerprint density at radius 1 is 1.29 bits per heavy atom. The van der Waals surface area contributed by atoms with Crippen molar-refractivity contribution in [2.75, 3.05) is 6.61 Å². The van der Waals surface area contributed by atoms with Crippen LogP contribution in [0.3, 0.4) is 0 Å². The second-order valence-electron chi connectivity index (χ2n) is 6.57. The quantitative estimate of drug-likeness (QED) is 0.700. The van der Waals surface area contributed by atoms with E-state index in [9.17, 15) is 0 Å². The molecule has 1 saturated heterocycles. The summed E-state index contributed by atoms with van der Waals surface area (Å²) in [6.07, 6.45) is 8.78. The molecule has 1 unspecified atom stereocenters. The first-order chi connectivity index (χ1) is 10.2. The van der Waals surface area contributed by atoms with Crippen LogP contribution in [0.25, 0.3) is 0 Å². The summed E-state index contributed by atoms with van der Waals surface area (Å²) >= 11 is 3.57. The van der Waals surface area contributed by atoms with Gasteiger partial charge in [-0.1, -0.05) is 52.9 Å². The van der Waals surface area contributed by atoms with Gasteiger partial charge in [-0.2, -0.15) is 0 Å². The summed E-state index contributed by atoms with van der Waals surface area (Å²) < 4.78 is 12.5. The molecule has 1 aromatic carbocycles. The van der Waals surface area contributed by atoms with Crippen molar-refractivity contribution in [1.82, 2.24) is 0 Å². The topological polar surface area (TPSA) is 18.5 Å². The summed E-state index contributed by atoms with van der Waals surface area (Å²) in [5, 5.41) is 0.846. The Kier molecular flexibility index (Phi) is 4.90. The summed E-state index contributed by atoms with van der Waals surface area (Å²) in [5.41, 5.74) is 2.65. The van der Waals surface area contributed by atoms with Crippen LogP contribution in [0.15, 0.2) is 18.2 Å². The van der Waals surface area contributed by atoms with E-state index >= 15 is 0 Å². The largest absolute Gasteiger partial charge is 0.490 e. The normalized spacial score (nSPS) is 25.0. The molecule has 2 fully saturated rings. The van der Waals surface area contributed by atoms with Crippen molar-refractivity contribution in [3.05, 3.63) is 29.3 Å². The molecule has 0 bridgehead atoms. The van der Waals surface area contributed by atoms with Gasteiger partial charge in [-0.15, -0.1) is 0 Å². The summed E-state index contributed by atoms with van der Waals surface area (Å²) in [4.78, 5) is 0. The molecule has 1 aliphatic heterocycles. The predicted molar refractivity (Wildman–Crippen MR) is 89.2 cm³/mol. The van der Waals surface area contributed by atoms with Gasteiger partial charge in [0.25, 0.3) is 0 Å². The lowest BCUT2D eigenvalue weighted by Gasteiger charge is -2.43. The van der Waals surface area contributed by atoms with E-state index in [1.54, 1.807) is 0 Å². The van der Waals surface area contributed by atoms with Crippen LogP contribution in [0.5, 0.6) is 5.75 Å². The molecule has 21 heavy (non-hydrogen) atoms. The molecule has 116 valence electrons. The van der Waals surface area contributed by atoms with E-state index in [4.69, 9.17) is 9.47 Å². The average Bonchev–Trinajstić information content (AvgIpc) is 2.50. The third-order valence-electron chi connectivity index (χ3n) is 4.87. The van der Waals surface area contributed by atoms with Gasteiger partial charge in [-0.05, 0) is 25.8 Å². The molecule has 0 N–H and O–H groups in total. The van der Waals surface area contributed by atoms with Crippen molar-refractivity contribution in [3.63, 3.8) is 0 Å². The molecule has 1 atom stereocenters. The molecular weight excluding hydrogens is 328 g/mol. The van der Waals surface area contributed by atoms with E-state index in [1.165, 1.54) is 43.2 Å². The van der Waals surface area contributed by atoms with Gasteiger partial charge in [0.15, 0.2) is 0 Å². The van der Waals surface area contributed by atoms with Gasteiger partial charge in [0.1, 0.15) is 11.9 Å². The summed E-state index contributed by atoms with van der Waals surface area (Å²) in [7, 11) is 0. The Labute approximate surface area is 136 Å². The highest BCUT2D eigenvalue weighted by Crippen LogP contribution is 2.40. The van der Waals surface area contributed by atoms with Crippen LogP contribution < -0.4 is 4.74 Å². The number of hydrogen-bond donors (Lipinski definition) is 0. The predicted octanol–water partition coefficient (Wildman–Crippen LogP) is 5.15. The molecule has 1 aliphatic carbocycles. The molecule has 2 aliphatic rings. The maximum Gasteiger partial charge on any atom is 0.123 e. The second kappa shape index (κ2) is 6.70. The van der Waals surface area contributed by atoms with Crippen LogP contribution in [-0.2, 0) is 10.1 Å². The van der Waals surface area contributed by atoms with Crippen LogP contribution >= 0.6 is 15.9 Å². The average molecular weight is 353 g/mol. The van der Waals surface area contributed by atoms with Gasteiger partial charge < -0.3 is 9.47 Å². The highest BCUT2D eigenvalue weighted by molar-refractivity contribution is 9.08. The number of rotatable bonds is 3. The summed E-state index contributed by atoms with van der Waals surface area (Å²) in [6.45, 7) is 2.97. The fraction of sp³-hybridized carbons (Fsp3) is 0.667. The molecule has 0 amide bonds. The third kappa shape index (κ3) is 3.62. The van der Waals surface area contributed by atoms with Crippen LogP contribution in [0.2, 0.25) is 0 Å². The molecular formula is C18H25BrO2. The molecule has 1 saturated carbocycles. The molecule has 3 heteroatoms. The first-order valence-electron chi connectivity index (χ1n) is 8.17. The van der Waals surface area contributed by atoms with Crippen molar-refractivity contribution < 1.29 is 9.47 Å². The van der Waals surface area contributed by atoms with Crippen molar-refractivity contribution in [2.24, 2.45) is 0 Å². The van der Waals surface area contributed by atoms with Crippen LogP contribution in [0.1, 0.15) is 56.1 Å². The van der Waals surface area contributed by atoms with E-state index in [2.05, 4.69) is 41.1 Å². The minimum Gasteiger partial charge on any atom is -0.490 e. The van der Waals surface area contributed by atoms with E-state index < -0.39 is 0 Å². The van der Waals surface area contributed by atoms with Gasteiger partial charge in [-0.25, -0.2) is 0 Å². The Morgan fingerprint density at radius 3 is 2.86 bits per heavy atom. The van der Waals surface area contributed by atoms with Gasteiger partial charge in [0.2, 0.25) is 0 Å². The number of benzene rings is 1. The summed E-state index contributed by atoms with van der Waals surface area (Å²) in [6, 6.07) is 6.46. The molecule has 2 nitrogen and oxygen atoms in total. The number of alkyl halides is 1. The van der Waals surface area contributed by atoms with Gasteiger partial charge >= 0.3 is 0 Å². The van der Waals surface area contributed by atoms with Gasteiger partial charge in [0.05, 0.1) is 12.2 Å². The first kappa shape index (κ1) is 15.4. The zero-order chi connectivity index (χ0) is 14.7. The number of halogens is 1. The molecule has 0 aromatic heterocycles. The minimum atomic E-state index is 0.112. The molecule has 0 radical (unpaired) electrons. The lowest BCUT2D eigenvalue weighted by Crippen LogP contribution is -2.45. The molecule has 1 aromatic rings. The lowest BCUT2D eigenvalue weighted by atomic mass is 9.79. The number of aryl methyl sites for hydroxylation is 1. The Hall–Kier alpha value is -0.540. The zero-order valence-corrected chi connectivity index (χ0v) is 14.5. The standard InChI is InChI=1S/C18H25BrO2/c1-14-5-6-17(15(11-14)13-19)21-16-7-10-20-18(12-16)8-3-2-4-9-18/h5-6,11,16H,2-4,7-10,12-13H2,1H3. The molecule has 3 rings (SSSR count). The fourth-order valence-electron chi connectivity index (χ4n) is 3.74. The van der Waals surface area contributed by atoms with Crippen molar-refractivity contribution in [3.8, 4) is 5.75 Å². The lowest BCUT2D eigenvalue weighted by molar-refractivity contribution is -0.129. The second-order valence-corrected chi connectivity index (χ2v) is 7.13. The molecule has 1 spiro atoms. The zero-order valence-electron chi connectivity index (χ0n) is 12.9. The fourth-order valence-corrected chi connectivity index (χ4v) is 4.17. The maximum absolute atomic E-state index is 6.35. The van der Waals surface area contributed by atoms with Crippen molar-refractivity contribution in [1.29, 1.82) is 0 Å². The van der Waals surface area contributed by atoms with Gasteiger partial charge in [-0.3, -0.25) is 0 Å². The maximum atomic E-state index is 6.35. The van der Waals surface area contributed by atoms with Crippen molar-refractivity contribution >= 4 is 15.9 Å². The Morgan fingerprint density at radius 2 is 2.10 bits per heavy atom. The minimum absolute atomic E-state index is 0.112. The first-order valence-corrected chi connectivity index (χ1v) is 9.29. The monoisotopic (exact) mass is 352 g/mol. The van der Waals surface area contributed by atoms with E-state index in [1.807, 2.05) is 0 Å². The van der Waals surface area contributed by atoms with Crippen LogP contribution in [0, 0.1) is 6.92 Å². The molecule has 1 heterocycles. The van der Waals surface area contributed by atoms with E-state index in [0.29, 0.717) is 6.10 Å². The van der Waals surface area contributed by atoms with Crippen LogP contribution in [-0.4, -0.2) is 18.3 Å². The number of hydrogen-bond acceptors (Lipinski definition) is 2. The van der Waals surface area contributed by atoms with Crippen molar-refractivity contribution in [2.45, 2.75) is 68.9 Å². The summed E-state index contributed by atoms with van der Waals surface area (Å²) in [5.74, 6) is 1.04. The SMILES string of the molecule is Cc1ccc(OC2CCOC3(CCCCC3)C2)c(CBr)c1. The van der Waals surface area contributed by atoms with E-state index in [0.717, 1.165) is 30.5 Å². The van der Waals surface area contributed by atoms with Crippen LogP contribution in [0.4, 0.5) is 0 Å². The Bertz CT molecular complexity index is 475. The third-order valence-corrected chi connectivity index (χ3v) is 5.47. The van der Waals surface area contributed by atoms with Gasteiger partial charge in [0, 0.05) is 23.7 Å².